The van der Waals surface area contributed by atoms with Crippen LogP contribution in [0, 0.1) is 0 Å². The Bertz CT molecular complexity index is 1460. The van der Waals surface area contributed by atoms with Crippen LogP contribution in [-0.2, 0) is 9.47 Å². The smallest absolute Gasteiger partial charge is 0.374 e. The molecule has 0 bridgehead atoms. The van der Waals surface area contributed by atoms with Crippen molar-refractivity contribution in [1.82, 2.24) is 0 Å². The van der Waals surface area contributed by atoms with Crippen LogP contribution >= 0.6 is 0 Å². The van der Waals surface area contributed by atoms with Gasteiger partial charge in [0, 0.05) is 28.5 Å². The number of fused-ring (bicyclic) bond motifs is 2. The molecule has 194 valence electrons. The molecule has 0 saturated heterocycles. The lowest BCUT2D eigenvalue weighted by Crippen LogP contribution is -2.02. The van der Waals surface area contributed by atoms with Gasteiger partial charge in [-0.3, -0.25) is 4.79 Å². The summed E-state index contributed by atoms with van der Waals surface area (Å²) in [6.45, 7) is 3.84. The third kappa shape index (κ3) is 5.56. The number of carbonyl (C=O) groups excluding carboxylic acids is 3. The number of esters is 2. The zero-order chi connectivity index (χ0) is 27.1. The molecule has 11 nitrogen and oxygen atoms in total. The van der Waals surface area contributed by atoms with Gasteiger partial charge in [0.1, 0.15) is 0 Å². The second-order valence-electron chi connectivity index (χ2n) is 7.24. The maximum absolute atomic E-state index is 11.6. The molecule has 0 fully saturated rings. The molecule has 1 N–H and O–H groups in total. The minimum atomic E-state index is -1.11. The zero-order valence-electron chi connectivity index (χ0n) is 20.5. The fourth-order valence-electron chi connectivity index (χ4n) is 3.43. The number of hydrogen-bond acceptors (Lipinski definition) is 10. The second-order valence-corrected chi connectivity index (χ2v) is 7.24. The highest BCUT2D eigenvalue weighted by molar-refractivity contribution is 6.06. The van der Waals surface area contributed by atoms with Crippen molar-refractivity contribution in [1.29, 1.82) is 0 Å². The van der Waals surface area contributed by atoms with E-state index in [1.54, 1.807) is 26.0 Å². The molecule has 2 aromatic heterocycles. The van der Waals surface area contributed by atoms with E-state index in [-0.39, 0.29) is 35.9 Å². The van der Waals surface area contributed by atoms with Gasteiger partial charge < -0.3 is 32.9 Å². The molecule has 0 radical (unpaired) electrons. The molecule has 11 heteroatoms. The van der Waals surface area contributed by atoms with Crippen molar-refractivity contribution in [2.45, 2.75) is 13.8 Å². The Morgan fingerprint density at radius 2 is 1.30 bits per heavy atom. The monoisotopic (exact) mass is 512 g/mol. The maximum Gasteiger partial charge on any atom is 0.374 e. The van der Waals surface area contributed by atoms with E-state index in [9.17, 15) is 19.2 Å². The first-order valence-electron chi connectivity index (χ1n) is 11.0. The largest absolute Gasteiger partial charge is 0.493 e. The van der Waals surface area contributed by atoms with E-state index in [0.717, 1.165) is 0 Å². The number of rotatable bonds is 8. The summed E-state index contributed by atoms with van der Waals surface area (Å²) in [4.78, 5) is 45.2. The molecule has 0 amide bonds. The van der Waals surface area contributed by atoms with Gasteiger partial charge in [0.2, 0.25) is 11.5 Å². The van der Waals surface area contributed by atoms with Crippen LogP contribution < -0.4 is 9.47 Å². The summed E-state index contributed by atoms with van der Waals surface area (Å²) in [6, 6.07) is 8.93. The summed E-state index contributed by atoms with van der Waals surface area (Å²) in [6.07, 6.45) is 0.701. The number of carbonyl (C=O) groups is 4. The van der Waals surface area contributed by atoms with Crippen LogP contribution in [0.5, 0.6) is 11.5 Å². The average Bonchev–Trinajstić information content (AvgIpc) is 3.54. The normalized spacial score (nSPS) is 10.4. The molecular weight excluding hydrogens is 488 g/mol. The Labute approximate surface area is 210 Å². The number of benzene rings is 2. The Balaban J connectivity index is 0.000000206. The van der Waals surface area contributed by atoms with Gasteiger partial charge in [-0.05, 0) is 38.1 Å². The summed E-state index contributed by atoms with van der Waals surface area (Å²) in [7, 11) is 2.92. The molecule has 0 aliphatic heterocycles. The van der Waals surface area contributed by atoms with Crippen LogP contribution in [0.3, 0.4) is 0 Å². The van der Waals surface area contributed by atoms with E-state index in [2.05, 4.69) is 0 Å². The van der Waals surface area contributed by atoms with Crippen LogP contribution in [0.15, 0.2) is 45.2 Å². The SMILES string of the molecule is CCOC(=O)c1cc2c(C(=O)O)ccc(OC)c2o1.CCOC(=O)c1cc2c(C=O)ccc(OC)c2o1. The lowest BCUT2D eigenvalue weighted by molar-refractivity contribution is 0.0484. The van der Waals surface area contributed by atoms with E-state index in [1.165, 1.54) is 38.5 Å². The molecule has 0 unspecified atom stereocenters. The molecule has 0 aliphatic rings. The molecule has 2 aromatic carbocycles. The molecule has 0 spiro atoms. The molecule has 2 heterocycles. The molecular formula is C26H24O11. The van der Waals surface area contributed by atoms with Crippen molar-refractivity contribution in [3.63, 3.8) is 0 Å². The second kappa shape index (κ2) is 11.8. The first kappa shape index (κ1) is 26.8. The molecule has 0 saturated carbocycles. The summed E-state index contributed by atoms with van der Waals surface area (Å²) in [5.41, 5.74) is 1.05. The Hall–Kier alpha value is -4.80. The summed E-state index contributed by atoms with van der Waals surface area (Å²) in [5.74, 6) is -1.49. The molecule has 37 heavy (non-hydrogen) atoms. The molecule has 4 rings (SSSR count). The lowest BCUT2D eigenvalue weighted by Gasteiger charge is -2.02. The quantitative estimate of drug-likeness (QED) is 0.257. The topological polar surface area (TPSA) is 152 Å². The van der Waals surface area contributed by atoms with Crippen molar-refractivity contribution in [3.8, 4) is 11.5 Å². The number of ether oxygens (including phenoxy) is 4. The van der Waals surface area contributed by atoms with Gasteiger partial charge in [0.25, 0.3) is 0 Å². The van der Waals surface area contributed by atoms with Crippen molar-refractivity contribution in [3.05, 3.63) is 59.0 Å². The molecule has 4 aromatic rings. The van der Waals surface area contributed by atoms with Crippen LogP contribution in [-0.4, -0.2) is 56.7 Å². The van der Waals surface area contributed by atoms with E-state index in [1.807, 2.05) is 0 Å². The number of carboxylic acids is 1. The fourth-order valence-corrected chi connectivity index (χ4v) is 3.43. The van der Waals surface area contributed by atoms with Crippen LogP contribution in [0.2, 0.25) is 0 Å². The van der Waals surface area contributed by atoms with Crippen molar-refractivity contribution >= 4 is 46.1 Å². The Morgan fingerprint density at radius 1 is 0.811 bits per heavy atom. The van der Waals surface area contributed by atoms with E-state index in [0.29, 0.717) is 39.7 Å². The Kier molecular flexibility index (Phi) is 8.51. The Morgan fingerprint density at radius 3 is 1.76 bits per heavy atom. The van der Waals surface area contributed by atoms with E-state index < -0.39 is 17.9 Å². The number of methoxy groups -OCH3 is 2. The first-order valence-corrected chi connectivity index (χ1v) is 11.0. The van der Waals surface area contributed by atoms with Gasteiger partial charge in [-0.1, -0.05) is 0 Å². The number of furan rings is 2. The van der Waals surface area contributed by atoms with Gasteiger partial charge in [-0.25, -0.2) is 14.4 Å². The summed E-state index contributed by atoms with van der Waals surface area (Å²) < 4.78 is 30.6. The van der Waals surface area contributed by atoms with Gasteiger partial charge in [0.05, 0.1) is 33.0 Å². The van der Waals surface area contributed by atoms with Crippen LogP contribution in [0.1, 0.15) is 55.7 Å². The van der Waals surface area contributed by atoms with Crippen molar-refractivity contribution in [2.75, 3.05) is 27.4 Å². The third-order valence-corrected chi connectivity index (χ3v) is 5.08. The van der Waals surface area contributed by atoms with Crippen molar-refractivity contribution in [2.24, 2.45) is 0 Å². The standard InChI is InChI=1S/C13H12O6.C13H12O5/c1-3-18-13(16)10-6-8-7(12(14)15)4-5-9(17-2)11(8)19-10;1-3-17-13(15)11-6-9-8(7-14)4-5-10(16-2)12(9)18-11/h4-6H,3H2,1-2H3,(H,14,15);4-7H,3H2,1-2H3. The maximum atomic E-state index is 11.6. The fraction of sp³-hybridized carbons (Fsp3) is 0.231. The summed E-state index contributed by atoms with van der Waals surface area (Å²) in [5, 5.41) is 9.93. The van der Waals surface area contributed by atoms with Gasteiger partial charge in [0.15, 0.2) is 29.0 Å². The minimum absolute atomic E-state index is 0.0371. The van der Waals surface area contributed by atoms with E-state index >= 15 is 0 Å². The number of aromatic carboxylic acids is 1. The zero-order valence-corrected chi connectivity index (χ0v) is 20.5. The van der Waals surface area contributed by atoms with Crippen LogP contribution in [0.4, 0.5) is 0 Å². The highest BCUT2D eigenvalue weighted by atomic mass is 16.6. The molecule has 0 atom stereocenters. The number of carboxylic acid groups (broad SMARTS) is 1. The predicted octanol–water partition coefficient (Wildman–Crippen LogP) is 4.75. The van der Waals surface area contributed by atoms with E-state index in [4.69, 9.17) is 32.9 Å². The number of aldehydes is 1. The summed E-state index contributed by atoms with van der Waals surface area (Å²) >= 11 is 0. The van der Waals surface area contributed by atoms with Gasteiger partial charge >= 0.3 is 17.9 Å². The highest BCUT2D eigenvalue weighted by Crippen LogP contribution is 2.32. The number of hydrogen-bond donors (Lipinski definition) is 1. The average molecular weight is 512 g/mol. The molecule has 0 aliphatic carbocycles. The first-order chi connectivity index (χ1) is 17.8. The highest BCUT2D eigenvalue weighted by Gasteiger charge is 2.21. The van der Waals surface area contributed by atoms with Gasteiger partial charge in [-0.2, -0.15) is 0 Å². The predicted molar refractivity (Wildman–Crippen MR) is 130 cm³/mol. The minimum Gasteiger partial charge on any atom is -0.493 e. The van der Waals surface area contributed by atoms with Gasteiger partial charge in [-0.15, -0.1) is 0 Å². The lowest BCUT2D eigenvalue weighted by atomic mass is 10.1. The van der Waals surface area contributed by atoms with Crippen LogP contribution in [0.25, 0.3) is 21.9 Å². The van der Waals surface area contributed by atoms with Crippen molar-refractivity contribution < 1.29 is 52.1 Å². The third-order valence-electron chi connectivity index (χ3n) is 5.08.